The Morgan fingerprint density at radius 3 is 2.60 bits per heavy atom. The van der Waals surface area contributed by atoms with Crippen LogP contribution < -0.4 is 0 Å². The van der Waals surface area contributed by atoms with Gasteiger partial charge in [0.05, 0.1) is 17.6 Å². The maximum absolute atomic E-state index is 13.5. The molecule has 0 aliphatic heterocycles. The first-order chi connectivity index (χ1) is 12.1. The minimum atomic E-state index is -0.281. The summed E-state index contributed by atoms with van der Waals surface area (Å²) in [4.78, 5) is 15.7. The van der Waals surface area contributed by atoms with E-state index in [1.807, 2.05) is 31.2 Å². The van der Waals surface area contributed by atoms with Crippen LogP contribution >= 0.6 is 0 Å². The third-order valence-corrected chi connectivity index (χ3v) is 4.14. The van der Waals surface area contributed by atoms with E-state index in [9.17, 15) is 9.18 Å². The molecule has 0 saturated carbocycles. The zero-order valence-electron chi connectivity index (χ0n) is 14.5. The zero-order chi connectivity index (χ0) is 17.8. The van der Waals surface area contributed by atoms with Gasteiger partial charge in [0.2, 0.25) is 0 Å². The van der Waals surface area contributed by atoms with Gasteiger partial charge < -0.3 is 4.74 Å². The fourth-order valence-electron chi connectivity index (χ4n) is 2.83. The number of benzene rings is 2. The van der Waals surface area contributed by atoms with Crippen molar-refractivity contribution in [3.05, 3.63) is 59.7 Å². The topological polar surface area (TPSA) is 44.1 Å². The van der Waals surface area contributed by atoms with Crippen LogP contribution in [0.4, 0.5) is 4.39 Å². The highest BCUT2D eigenvalue weighted by molar-refractivity contribution is 5.78. The monoisotopic (exact) mass is 340 g/mol. The van der Waals surface area contributed by atoms with Gasteiger partial charge >= 0.3 is 5.97 Å². The van der Waals surface area contributed by atoms with Gasteiger partial charge in [-0.1, -0.05) is 26.0 Å². The lowest BCUT2D eigenvalue weighted by Gasteiger charge is -2.10. The van der Waals surface area contributed by atoms with Crippen molar-refractivity contribution in [2.75, 3.05) is 6.61 Å². The second-order valence-corrected chi connectivity index (χ2v) is 5.84. The van der Waals surface area contributed by atoms with Gasteiger partial charge in [-0.15, -0.1) is 0 Å². The first kappa shape index (κ1) is 17.1. The lowest BCUT2D eigenvalue weighted by molar-refractivity contribution is -0.143. The highest BCUT2D eigenvalue weighted by Crippen LogP contribution is 2.23. The largest absolute Gasteiger partial charge is 0.465 e. The van der Waals surface area contributed by atoms with Crippen LogP contribution in [0, 0.1) is 5.82 Å². The molecule has 0 unspecified atom stereocenters. The van der Waals surface area contributed by atoms with E-state index in [-0.39, 0.29) is 11.8 Å². The Balaban J connectivity index is 1.85. The van der Waals surface area contributed by atoms with Crippen LogP contribution in [0.25, 0.3) is 16.7 Å². The molecule has 25 heavy (non-hydrogen) atoms. The molecule has 3 aromatic rings. The number of esters is 1. The van der Waals surface area contributed by atoms with Crippen molar-refractivity contribution < 1.29 is 13.9 Å². The summed E-state index contributed by atoms with van der Waals surface area (Å²) in [5, 5.41) is 0. The second kappa shape index (κ2) is 7.47. The Hall–Kier alpha value is -2.69. The summed E-state index contributed by atoms with van der Waals surface area (Å²) in [6, 6.07) is 12.7. The molecule has 0 amide bonds. The van der Waals surface area contributed by atoms with E-state index in [4.69, 9.17) is 4.74 Å². The molecule has 130 valence electrons. The van der Waals surface area contributed by atoms with Gasteiger partial charge in [-0.3, -0.25) is 9.36 Å². The Morgan fingerprint density at radius 2 is 1.92 bits per heavy atom. The molecule has 5 heteroatoms. The third kappa shape index (κ3) is 3.71. The summed E-state index contributed by atoms with van der Waals surface area (Å²) in [7, 11) is 0. The molecule has 0 N–H and O–H groups in total. The van der Waals surface area contributed by atoms with E-state index in [1.165, 1.54) is 12.1 Å². The molecule has 1 heterocycles. The molecule has 0 bridgehead atoms. The lowest BCUT2D eigenvalue weighted by atomic mass is 10.1. The average Bonchev–Trinajstić information content (AvgIpc) is 2.99. The van der Waals surface area contributed by atoms with Crippen LogP contribution in [-0.4, -0.2) is 22.1 Å². The van der Waals surface area contributed by atoms with Crippen LogP contribution in [0.5, 0.6) is 0 Å². The quantitative estimate of drug-likeness (QED) is 0.631. The normalized spacial score (nSPS) is 11.0. The highest BCUT2D eigenvalue weighted by Gasteiger charge is 2.12. The maximum Gasteiger partial charge on any atom is 0.305 e. The molecule has 0 saturated heterocycles. The van der Waals surface area contributed by atoms with Gasteiger partial charge in [-0.05, 0) is 29.8 Å². The average molecular weight is 340 g/mol. The molecule has 1 aromatic heterocycles. The van der Waals surface area contributed by atoms with E-state index in [0.717, 1.165) is 29.0 Å². The number of hydrogen-bond acceptors (Lipinski definition) is 3. The van der Waals surface area contributed by atoms with Gasteiger partial charge in [0.15, 0.2) is 0 Å². The van der Waals surface area contributed by atoms with Gasteiger partial charge in [-0.2, -0.15) is 0 Å². The molecule has 0 spiro atoms. The Labute approximate surface area is 146 Å². The number of rotatable bonds is 6. The molecule has 0 radical (unpaired) electrons. The summed E-state index contributed by atoms with van der Waals surface area (Å²) in [5.74, 6) is 0.434. The standard InChI is InChI=1S/C20H21FN2O2/c1-3-19-22-17-13-15(21)7-10-18(17)23(19)16-8-5-14(6-9-16)11-12-25-20(24)4-2/h5-10,13H,3-4,11-12H2,1-2H3. The number of aromatic nitrogens is 2. The molecule has 3 rings (SSSR count). The predicted molar refractivity (Wildman–Crippen MR) is 95.4 cm³/mol. The Kier molecular flexibility index (Phi) is 5.12. The van der Waals surface area contributed by atoms with E-state index >= 15 is 0 Å². The van der Waals surface area contributed by atoms with E-state index in [0.29, 0.717) is 25.0 Å². The molecule has 0 atom stereocenters. The fourth-order valence-corrected chi connectivity index (χ4v) is 2.83. The number of hydrogen-bond donors (Lipinski definition) is 0. The van der Waals surface area contributed by atoms with Gasteiger partial charge in [0.1, 0.15) is 11.6 Å². The zero-order valence-corrected chi connectivity index (χ0v) is 14.5. The number of nitrogens with zero attached hydrogens (tertiary/aromatic N) is 2. The predicted octanol–water partition coefficient (Wildman–Crippen LogP) is 4.22. The summed E-state index contributed by atoms with van der Waals surface area (Å²) < 4.78 is 20.6. The lowest BCUT2D eigenvalue weighted by Crippen LogP contribution is -2.06. The SMILES string of the molecule is CCC(=O)OCCc1ccc(-n2c(CC)nc3cc(F)ccc32)cc1. The molecule has 0 aliphatic rings. The van der Waals surface area contributed by atoms with Crippen LogP contribution in [0.1, 0.15) is 31.7 Å². The van der Waals surface area contributed by atoms with E-state index in [2.05, 4.69) is 9.55 Å². The van der Waals surface area contributed by atoms with Crippen molar-refractivity contribution in [2.45, 2.75) is 33.1 Å². The molecule has 0 fully saturated rings. The highest BCUT2D eigenvalue weighted by atomic mass is 19.1. The number of carbonyl (C=O) groups excluding carboxylic acids is 1. The van der Waals surface area contributed by atoms with Crippen molar-refractivity contribution in [1.29, 1.82) is 0 Å². The Morgan fingerprint density at radius 1 is 1.16 bits per heavy atom. The van der Waals surface area contributed by atoms with Crippen molar-refractivity contribution in [1.82, 2.24) is 9.55 Å². The van der Waals surface area contributed by atoms with Crippen molar-refractivity contribution >= 4 is 17.0 Å². The molecule has 0 aliphatic carbocycles. The van der Waals surface area contributed by atoms with Gasteiger partial charge in [0.25, 0.3) is 0 Å². The number of carbonyl (C=O) groups is 1. The van der Waals surface area contributed by atoms with Crippen LogP contribution in [-0.2, 0) is 22.4 Å². The molecular formula is C20H21FN2O2. The first-order valence-corrected chi connectivity index (χ1v) is 8.54. The Bertz CT molecular complexity index is 885. The number of fused-ring (bicyclic) bond motifs is 1. The number of ether oxygens (including phenoxy) is 1. The minimum Gasteiger partial charge on any atom is -0.465 e. The molecule has 2 aromatic carbocycles. The maximum atomic E-state index is 13.5. The molecular weight excluding hydrogens is 319 g/mol. The van der Waals surface area contributed by atoms with Gasteiger partial charge in [-0.25, -0.2) is 9.37 Å². The van der Waals surface area contributed by atoms with Crippen LogP contribution in [0.3, 0.4) is 0 Å². The summed E-state index contributed by atoms with van der Waals surface area (Å²) >= 11 is 0. The number of halogens is 1. The fraction of sp³-hybridized carbons (Fsp3) is 0.300. The van der Waals surface area contributed by atoms with Crippen molar-refractivity contribution in [2.24, 2.45) is 0 Å². The first-order valence-electron chi connectivity index (χ1n) is 8.54. The van der Waals surface area contributed by atoms with Crippen LogP contribution in [0.2, 0.25) is 0 Å². The summed E-state index contributed by atoms with van der Waals surface area (Å²) in [5.41, 5.74) is 3.64. The smallest absolute Gasteiger partial charge is 0.305 e. The molecule has 4 nitrogen and oxygen atoms in total. The summed E-state index contributed by atoms with van der Waals surface area (Å²) in [6.45, 7) is 4.20. The summed E-state index contributed by atoms with van der Waals surface area (Å²) in [6.07, 6.45) is 1.83. The van der Waals surface area contributed by atoms with E-state index in [1.54, 1.807) is 13.0 Å². The second-order valence-electron chi connectivity index (χ2n) is 5.84. The van der Waals surface area contributed by atoms with E-state index < -0.39 is 0 Å². The third-order valence-electron chi connectivity index (χ3n) is 4.14. The minimum absolute atomic E-state index is 0.179. The number of imidazole rings is 1. The van der Waals surface area contributed by atoms with Crippen molar-refractivity contribution in [3.8, 4) is 5.69 Å². The number of aryl methyl sites for hydroxylation is 1. The van der Waals surface area contributed by atoms with Gasteiger partial charge in [0, 0.05) is 31.0 Å². The van der Waals surface area contributed by atoms with Crippen LogP contribution in [0.15, 0.2) is 42.5 Å². The van der Waals surface area contributed by atoms with Crippen molar-refractivity contribution in [3.63, 3.8) is 0 Å².